The predicted octanol–water partition coefficient (Wildman–Crippen LogP) is -0.0953. The Balaban J connectivity index is 2.41. The Morgan fingerprint density at radius 1 is 1.10 bits per heavy atom. The van der Waals surface area contributed by atoms with E-state index < -0.39 is 38.0 Å². The van der Waals surface area contributed by atoms with Crippen molar-refractivity contribution in [1.29, 1.82) is 0 Å². The molecule has 12 heteroatoms. The maximum atomic E-state index is 11.9. The van der Waals surface area contributed by atoms with E-state index in [0.717, 1.165) is 4.31 Å². The molecule has 0 aromatic carbocycles. The molecule has 0 saturated carbocycles. The first-order valence-corrected chi connectivity index (χ1v) is 8.59. The van der Waals surface area contributed by atoms with Crippen LogP contribution in [0, 0.1) is 0 Å². The first kappa shape index (κ1) is 17.6. The number of alkyl halides is 3. The molecule has 0 amide bonds. The third-order valence-corrected chi connectivity index (χ3v) is 5.43. The van der Waals surface area contributed by atoms with E-state index >= 15 is 0 Å². The van der Waals surface area contributed by atoms with Gasteiger partial charge in [-0.25, -0.2) is 8.42 Å². The summed E-state index contributed by atoms with van der Waals surface area (Å²) in [6.07, 6.45) is -0.352. The van der Waals surface area contributed by atoms with Crippen LogP contribution >= 0.6 is 0 Å². The van der Waals surface area contributed by atoms with Crippen LogP contribution in [-0.4, -0.2) is 65.3 Å². The molecular weight excluding hydrogens is 327 g/mol. The van der Waals surface area contributed by atoms with Gasteiger partial charge in [-0.1, -0.05) is 0 Å². The first-order chi connectivity index (χ1) is 9.06. The van der Waals surface area contributed by atoms with Crippen LogP contribution in [0.4, 0.5) is 13.2 Å². The summed E-state index contributed by atoms with van der Waals surface area (Å²) in [5, 5.41) is 0. The van der Waals surface area contributed by atoms with Crippen LogP contribution < -0.4 is 0 Å². The Labute approximate surface area is 114 Å². The van der Waals surface area contributed by atoms with Gasteiger partial charge < -0.3 is 4.74 Å². The highest BCUT2D eigenvalue weighted by atomic mass is 32.2. The van der Waals surface area contributed by atoms with Gasteiger partial charge in [0, 0.05) is 13.1 Å². The Hall–Kier alpha value is -0.430. The molecule has 0 unspecified atom stereocenters. The van der Waals surface area contributed by atoms with E-state index in [0.29, 0.717) is 0 Å². The fourth-order valence-corrected chi connectivity index (χ4v) is 3.35. The molecule has 0 spiro atoms. The lowest BCUT2D eigenvalue weighted by Gasteiger charge is -2.25. The van der Waals surface area contributed by atoms with Crippen LogP contribution in [0.5, 0.6) is 0 Å². The first-order valence-electron chi connectivity index (χ1n) is 5.57. The minimum absolute atomic E-state index is 0.171. The van der Waals surface area contributed by atoms with Gasteiger partial charge in [-0.2, -0.15) is 25.9 Å². The second-order valence-corrected chi connectivity index (χ2v) is 7.60. The zero-order chi connectivity index (χ0) is 15.4. The second-order valence-electron chi connectivity index (χ2n) is 3.90. The summed E-state index contributed by atoms with van der Waals surface area (Å²) in [5.41, 5.74) is -5.50. The van der Waals surface area contributed by atoms with Crippen LogP contribution in [0.1, 0.15) is 6.42 Å². The molecule has 1 aliphatic rings. The highest BCUT2D eigenvalue weighted by molar-refractivity contribution is 7.89. The van der Waals surface area contributed by atoms with Gasteiger partial charge in [-0.3, -0.25) is 4.18 Å². The van der Waals surface area contributed by atoms with Gasteiger partial charge in [0.15, 0.2) is 0 Å². The molecule has 0 bridgehead atoms. The standard InChI is InChI=1S/C8H14F3NO6S2/c9-8(10,11)20(15,16)18-4-1-7-19(13,14)12-2-5-17-6-3-12/h1-7H2. The Morgan fingerprint density at radius 2 is 1.65 bits per heavy atom. The van der Waals surface area contributed by atoms with Gasteiger partial charge in [-0.05, 0) is 6.42 Å². The Kier molecular flexibility index (Phi) is 5.78. The lowest BCUT2D eigenvalue weighted by molar-refractivity contribution is -0.0541. The molecule has 1 aliphatic heterocycles. The van der Waals surface area contributed by atoms with Gasteiger partial charge in [0.2, 0.25) is 10.0 Å². The van der Waals surface area contributed by atoms with E-state index in [1.165, 1.54) is 0 Å². The van der Waals surface area contributed by atoms with Crippen LogP contribution in [0.2, 0.25) is 0 Å². The van der Waals surface area contributed by atoms with Crippen molar-refractivity contribution in [2.24, 2.45) is 0 Å². The van der Waals surface area contributed by atoms with E-state index in [1.54, 1.807) is 0 Å². The smallest absolute Gasteiger partial charge is 0.379 e. The highest BCUT2D eigenvalue weighted by Crippen LogP contribution is 2.24. The monoisotopic (exact) mass is 341 g/mol. The molecule has 1 heterocycles. The van der Waals surface area contributed by atoms with E-state index in [-0.39, 0.29) is 32.7 Å². The minimum Gasteiger partial charge on any atom is -0.379 e. The van der Waals surface area contributed by atoms with Crippen LogP contribution in [0.3, 0.4) is 0 Å². The highest BCUT2D eigenvalue weighted by Gasteiger charge is 2.47. The second kappa shape index (κ2) is 6.56. The van der Waals surface area contributed by atoms with Crippen molar-refractivity contribution in [2.45, 2.75) is 11.9 Å². The molecule has 20 heavy (non-hydrogen) atoms. The maximum Gasteiger partial charge on any atom is 0.523 e. The van der Waals surface area contributed by atoms with Crippen molar-refractivity contribution < 1.29 is 38.9 Å². The quantitative estimate of drug-likeness (QED) is 0.381. The van der Waals surface area contributed by atoms with Gasteiger partial charge in [-0.15, -0.1) is 0 Å². The Morgan fingerprint density at radius 3 is 2.15 bits per heavy atom. The van der Waals surface area contributed by atoms with Crippen molar-refractivity contribution in [3.8, 4) is 0 Å². The number of halogens is 3. The SMILES string of the molecule is O=S(=O)(CCCOS(=O)(=O)C(F)(F)F)N1CCOCC1. The third kappa shape index (κ3) is 4.84. The molecular formula is C8H14F3NO6S2. The van der Waals surface area contributed by atoms with Gasteiger partial charge in [0.25, 0.3) is 0 Å². The van der Waals surface area contributed by atoms with E-state index in [9.17, 15) is 30.0 Å². The Bertz CT molecular complexity index is 509. The minimum atomic E-state index is -5.67. The average molecular weight is 341 g/mol. The summed E-state index contributed by atoms with van der Waals surface area (Å²) in [7, 11) is -9.31. The lowest BCUT2D eigenvalue weighted by atomic mass is 10.5. The number of rotatable bonds is 6. The summed E-state index contributed by atoms with van der Waals surface area (Å²) in [5.74, 6) is -0.486. The van der Waals surface area contributed by atoms with Crippen molar-refractivity contribution in [3.05, 3.63) is 0 Å². The molecule has 1 rings (SSSR count). The summed E-state index contributed by atoms with van der Waals surface area (Å²) < 4.78 is 90.2. The molecule has 0 aliphatic carbocycles. The molecule has 0 aromatic heterocycles. The van der Waals surface area contributed by atoms with E-state index in [4.69, 9.17) is 4.74 Å². The normalized spacial score (nSPS) is 19.1. The van der Waals surface area contributed by atoms with Crippen molar-refractivity contribution in [3.63, 3.8) is 0 Å². The van der Waals surface area contributed by atoms with Gasteiger partial charge in [0.05, 0.1) is 25.6 Å². The zero-order valence-electron chi connectivity index (χ0n) is 10.3. The number of nitrogens with zero attached hydrogens (tertiary/aromatic N) is 1. The van der Waals surface area contributed by atoms with Crippen molar-refractivity contribution in [1.82, 2.24) is 4.31 Å². The zero-order valence-corrected chi connectivity index (χ0v) is 11.9. The molecule has 1 saturated heterocycles. The van der Waals surface area contributed by atoms with Crippen LogP contribution in [0.25, 0.3) is 0 Å². The number of ether oxygens (including phenoxy) is 1. The summed E-state index contributed by atoms with van der Waals surface area (Å²) in [6.45, 7) is -0.00411. The maximum absolute atomic E-state index is 11.9. The summed E-state index contributed by atoms with van der Waals surface area (Å²) in [6, 6.07) is 0. The topological polar surface area (TPSA) is 90.0 Å². The number of morpholine rings is 1. The van der Waals surface area contributed by atoms with Crippen molar-refractivity contribution in [2.75, 3.05) is 38.7 Å². The summed E-state index contributed by atoms with van der Waals surface area (Å²) in [4.78, 5) is 0. The summed E-state index contributed by atoms with van der Waals surface area (Å²) >= 11 is 0. The van der Waals surface area contributed by atoms with Crippen molar-refractivity contribution >= 4 is 20.1 Å². The molecule has 7 nitrogen and oxygen atoms in total. The van der Waals surface area contributed by atoms with Gasteiger partial charge >= 0.3 is 15.6 Å². The molecule has 1 fully saturated rings. The number of hydrogen-bond acceptors (Lipinski definition) is 6. The fraction of sp³-hybridized carbons (Fsp3) is 1.00. The predicted molar refractivity (Wildman–Crippen MR) is 61.7 cm³/mol. The molecule has 0 radical (unpaired) electrons. The fourth-order valence-electron chi connectivity index (χ4n) is 1.43. The van der Waals surface area contributed by atoms with E-state index in [1.807, 2.05) is 0 Å². The number of hydrogen-bond donors (Lipinski definition) is 0. The molecule has 120 valence electrons. The molecule has 0 atom stereocenters. The molecule has 0 aromatic rings. The lowest BCUT2D eigenvalue weighted by Crippen LogP contribution is -2.42. The van der Waals surface area contributed by atoms with Crippen LogP contribution in [0.15, 0.2) is 0 Å². The number of sulfonamides is 1. The average Bonchev–Trinajstić information content (AvgIpc) is 2.34. The van der Waals surface area contributed by atoms with Crippen LogP contribution in [-0.2, 0) is 29.1 Å². The molecule has 0 N–H and O–H groups in total. The third-order valence-electron chi connectivity index (χ3n) is 2.43. The largest absolute Gasteiger partial charge is 0.523 e. The van der Waals surface area contributed by atoms with E-state index in [2.05, 4.69) is 4.18 Å². The van der Waals surface area contributed by atoms with Gasteiger partial charge in [0.1, 0.15) is 0 Å².